The van der Waals surface area contributed by atoms with Crippen LogP contribution in [-0.2, 0) is 36.7 Å². The summed E-state index contributed by atoms with van der Waals surface area (Å²) in [6.07, 6.45) is 1.55. The van der Waals surface area contributed by atoms with Gasteiger partial charge in [0.1, 0.15) is 23.5 Å². The minimum atomic E-state index is -0.852. The number of ketones is 1. The van der Waals surface area contributed by atoms with Crippen LogP contribution in [0.15, 0.2) is 66.7 Å². The Hall–Kier alpha value is -3.49. The third-order valence-corrected chi connectivity index (χ3v) is 7.67. The fourth-order valence-electron chi connectivity index (χ4n) is 5.18. The van der Waals surface area contributed by atoms with Crippen molar-refractivity contribution >= 4 is 17.6 Å². The van der Waals surface area contributed by atoms with E-state index < -0.39 is 23.6 Å². The van der Waals surface area contributed by atoms with Crippen molar-refractivity contribution in [1.82, 2.24) is 10.6 Å². The molecule has 0 bridgehead atoms. The second-order valence-corrected chi connectivity index (χ2v) is 10.6. The highest BCUT2D eigenvalue weighted by atomic mass is 16.6. The second kappa shape index (κ2) is 12.6. The van der Waals surface area contributed by atoms with Crippen LogP contribution in [0.3, 0.4) is 0 Å². The topological polar surface area (TPSA) is 106 Å². The summed E-state index contributed by atoms with van der Waals surface area (Å²) in [6, 6.07) is 16.0. The maximum Gasteiger partial charge on any atom is 0.243 e. The van der Waals surface area contributed by atoms with Crippen molar-refractivity contribution in [3.63, 3.8) is 0 Å². The normalized spacial score (nSPS) is 22.9. The predicted molar refractivity (Wildman–Crippen MR) is 147 cm³/mol. The number of Topliss-reactive ketones (excluding diaryl/α,β-unsaturated/α-hetero) is 1. The molecule has 1 unspecified atom stereocenters. The van der Waals surface area contributed by atoms with Gasteiger partial charge in [0.15, 0.2) is 5.78 Å². The maximum atomic E-state index is 13.8. The Morgan fingerprint density at radius 2 is 1.72 bits per heavy atom. The van der Waals surface area contributed by atoms with Crippen molar-refractivity contribution in [1.29, 1.82) is 0 Å². The molecular formula is C31H38N2O6. The summed E-state index contributed by atoms with van der Waals surface area (Å²) >= 11 is 0. The van der Waals surface area contributed by atoms with Gasteiger partial charge >= 0.3 is 0 Å². The molecule has 1 heterocycles. The SMILES string of the molecule is C=C1CC[C@H](C(=O)N[C@@H](Cc2ccc(OC)cc2)C(=O)N[C@@H](Cc2ccccc2)C(OC)[C@@]2(C)CO2)CC1=O. The molecule has 2 amide bonds. The molecule has 1 aliphatic heterocycles. The quantitative estimate of drug-likeness (QED) is 0.320. The first-order chi connectivity index (χ1) is 18.7. The number of nitrogens with one attached hydrogen (secondary N) is 2. The summed E-state index contributed by atoms with van der Waals surface area (Å²) in [5, 5.41) is 6.11. The number of hydrogen-bond acceptors (Lipinski definition) is 6. The Morgan fingerprint density at radius 1 is 1.05 bits per heavy atom. The zero-order valence-electron chi connectivity index (χ0n) is 22.9. The van der Waals surface area contributed by atoms with Crippen molar-refractivity contribution < 1.29 is 28.6 Å². The van der Waals surface area contributed by atoms with E-state index in [1.807, 2.05) is 61.5 Å². The zero-order chi connectivity index (χ0) is 28.0. The smallest absolute Gasteiger partial charge is 0.243 e. The molecule has 0 spiro atoms. The zero-order valence-corrected chi connectivity index (χ0v) is 22.9. The molecule has 5 atom stereocenters. The largest absolute Gasteiger partial charge is 0.497 e. The highest BCUT2D eigenvalue weighted by Crippen LogP contribution is 2.34. The van der Waals surface area contributed by atoms with E-state index in [0.29, 0.717) is 37.2 Å². The van der Waals surface area contributed by atoms with Crippen LogP contribution >= 0.6 is 0 Å². The highest BCUT2D eigenvalue weighted by molar-refractivity contribution is 5.99. The molecule has 1 aliphatic carbocycles. The van der Waals surface area contributed by atoms with Crippen LogP contribution in [0.5, 0.6) is 5.75 Å². The molecule has 2 aliphatic rings. The first-order valence-electron chi connectivity index (χ1n) is 13.4. The lowest BCUT2D eigenvalue weighted by Gasteiger charge is -2.32. The Balaban J connectivity index is 1.55. The second-order valence-electron chi connectivity index (χ2n) is 10.6. The van der Waals surface area contributed by atoms with Gasteiger partial charge in [0.2, 0.25) is 11.8 Å². The molecule has 8 nitrogen and oxygen atoms in total. The first kappa shape index (κ1) is 28.5. The van der Waals surface area contributed by atoms with Crippen LogP contribution in [0.1, 0.15) is 37.3 Å². The number of allylic oxidation sites excluding steroid dienone is 1. The third-order valence-electron chi connectivity index (χ3n) is 7.67. The molecule has 1 saturated carbocycles. The Bertz CT molecular complexity index is 1180. The third kappa shape index (κ3) is 7.34. The molecule has 0 aromatic heterocycles. The number of carbonyl (C=O) groups is 3. The summed E-state index contributed by atoms with van der Waals surface area (Å²) in [7, 11) is 3.21. The molecule has 2 aromatic rings. The van der Waals surface area contributed by atoms with E-state index in [4.69, 9.17) is 14.2 Å². The number of methoxy groups -OCH3 is 2. The van der Waals surface area contributed by atoms with E-state index in [9.17, 15) is 14.4 Å². The standard InChI is InChI=1S/C31H38N2O6/c1-20-10-13-23(18-27(20)34)29(35)33-26(17-22-11-14-24(37-3)15-12-22)30(36)32-25(16-21-8-6-5-7-9-21)28(38-4)31(2)19-39-31/h5-9,11-12,14-15,23,25-26,28H,1,10,13,16-19H2,2-4H3,(H,32,36)(H,33,35)/t23-,25-,26-,28?,31+/m0/s1. The van der Waals surface area contributed by atoms with E-state index in [1.165, 1.54) is 0 Å². The molecule has 2 N–H and O–H groups in total. The van der Waals surface area contributed by atoms with Crippen molar-refractivity contribution in [3.05, 3.63) is 77.9 Å². The predicted octanol–water partition coefficient (Wildman–Crippen LogP) is 3.18. The minimum Gasteiger partial charge on any atom is -0.497 e. The molecule has 39 heavy (non-hydrogen) atoms. The minimum absolute atomic E-state index is 0.0962. The number of epoxide rings is 1. The summed E-state index contributed by atoms with van der Waals surface area (Å²) in [5.41, 5.74) is 1.97. The number of hydrogen-bond donors (Lipinski definition) is 2. The lowest BCUT2D eigenvalue weighted by molar-refractivity contribution is -0.134. The van der Waals surface area contributed by atoms with Crippen molar-refractivity contribution in [2.45, 2.75) is 62.8 Å². The molecule has 8 heteroatoms. The van der Waals surface area contributed by atoms with Gasteiger partial charge in [0.25, 0.3) is 0 Å². The van der Waals surface area contributed by atoms with Gasteiger partial charge in [-0.3, -0.25) is 14.4 Å². The fourth-order valence-corrected chi connectivity index (χ4v) is 5.18. The van der Waals surface area contributed by atoms with Gasteiger partial charge in [-0.15, -0.1) is 0 Å². The van der Waals surface area contributed by atoms with Gasteiger partial charge in [-0.2, -0.15) is 0 Å². The summed E-state index contributed by atoms with van der Waals surface area (Å²) in [4.78, 5) is 39.3. The van der Waals surface area contributed by atoms with E-state index in [0.717, 1.165) is 11.1 Å². The van der Waals surface area contributed by atoms with Crippen LogP contribution < -0.4 is 15.4 Å². The van der Waals surface area contributed by atoms with Crippen molar-refractivity contribution in [2.75, 3.05) is 20.8 Å². The lowest BCUT2D eigenvalue weighted by atomic mass is 9.85. The summed E-state index contributed by atoms with van der Waals surface area (Å²) in [5.74, 6) is -0.503. The van der Waals surface area contributed by atoms with Crippen LogP contribution in [0.2, 0.25) is 0 Å². The fraction of sp³-hybridized carbons (Fsp3) is 0.452. The van der Waals surface area contributed by atoms with E-state index in [2.05, 4.69) is 17.2 Å². The van der Waals surface area contributed by atoms with Gasteiger partial charge in [-0.05, 0) is 55.0 Å². The summed E-state index contributed by atoms with van der Waals surface area (Å²) in [6.45, 7) is 6.30. The monoisotopic (exact) mass is 534 g/mol. The molecule has 2 aromatic carbocycles. The van der Waals surface area contributed by atoms with Gasteiger partial charge in [0, 0.05) is 25.9 Å². The van der Waals surface area contributed by atoms with Crippen LogP contribution in [0, 0.1) is 5.92 Å². The van der Waals surface area contributed by atoms with Gasteiger partial charge in [-0.25, -0.2) is 0 Å². The number of amides is 2. The molecule has 1 saturated heterocycles. The number of carbonyl (C=O) groups excluding carboxylic acids is 3. The van der Waals surface area contributed by atoms with Crippen LogP contribution in [0.25, 0.3) is 0 Å². The molecule has 4 rings (SSSR count). The van der Waals surface area contributed by atoms with Gasteiger partial charge < -0.3 is 24.8 Å². The average Bonchev–Trinajstić information content (AvgIpc) is 3.68. The molecule has 0 radical (unpaired) electrons. The van der Waals surface area contributed by atoms with Crippen LogP contribution in [-0.4, -0.2) is 62.2 Å². The van der Waals surface area contributed by atoms with Gasteiger partial charge in [0.05, 0.1) is 19.8 Å². The summed E-state index contributed by atoms with van der Waals surface area (Å²) < 4.78 is 16.8. The van der Waals surface area contributed by atoms with E-state index in [1.54, 1.807) is 14.2 Å². The number of benzene rings is 2. The number of ether oxygens (including phenoxy) is 3. The Kier molecular flexibility index (Phi) is 9.20. The first-order valence-corrected chi connectivity index (χ1v) is 13.4. The van der Waals surface area contributed by atoms with Crippen molar-refractivity contribution in [3.8, 4) is 5.75 Å². The lowest BCUT2D eigenvalue weighted by Crippen LogP contribution is -2.57. The molecule has 2 fully saturated rings. The molecular weight excluding hydrogens is 496 g/mol. The molecule has 208 valence electrons. The van der Waals surface area contributed by atoms with E-state index in [-0.39, 0.29) is 36.5 Å². The van der Waals surface area contributed by atoms with Crippen LogP contribution in [0.4, 0.5) is 0 Å². The highest BCUT2D eigenvalue weighted by Gasteiger charge is 2.51. The maximum absolute atomic E-state index is 13.8. The Morgan fingerprint density at radius 3 is 2.31 bits per heavy atom. The van der Waals surface area contributed by atoms with Crippen molar-refractivity contribution in [2.24, 2.45) is 5.92 Å². The Labute approximate surface area is 230 Å². The van der Waals surface area contributed by atoms with Gasteiger partial charge in [-0.1, -0.05) is 49.0 Å². The van der Waals surface area contributed by atoms with E-state index >= 15 is 0 Å². The average molecular weight is 535 g/mol. The number of rotatable bonds is 12.